The Morgan fingerprint density at radius 1 is 1.00 bits per heavy atom. The monoisotopic (exact) mass is 393 g/mol. The molecule has 2 N–H and O–H groups in total. The van der Waals surface area contributed by atoms with Gasteiger partial charge in [-0.05, 0) is 48.7 Å². The van der Waals surface area contributed by atoms with E-state index in [1.807, 2.05) is 36.4 Å². The number of halogens is 1. The van der Waals surface area contributed by atoms with Gasteiger partial charge in [-0.15, -0.1) is 0 Å². The Labute approximate surface area is 170 Å². The summed E-state index contributed by atoms with van der Waals surface area (Å²) in [5, 5.41) is 7.52. The van der Waals surface area contributed by atoms with Crippen molar-refractivity contribution in [1.29, 1.82) is 0 Å². The standard InChI is InChI=1S/C22H24ClN5/c23-19-15-26-22(27-17-5-2-1-3-6-17)13-18(19)20-7-4-8-21(28-20)25-14-16-9-11-24-12-10-16/h4,7-13,15,17H,1-3,5-6,14H2,(H,25,28)(H,26,27). The Morgan fingerprint density at radius 2 is 1.82 bits per heavy atom. The SMILES string of the molecule is Clc1cnc(NC2CCCCC2)cc1-c1cccc(NCc2ccncc2)n1. The summed E-state index contributed by atoms with van der Waals surface area (Å²) in [6, 6.07) is 12.4. The molecule has 0 unspecified atom stereocenters. The molecular formula is C22H24ClN5. The van der Waals surface area contributed by atoms with Crippen LogP contribution >= 0.6 is 11.6 Å². The Kier molecular flexibility index (Phi) is 6.02. The van der Waals surface area contributed by atoms with E-state index in [0.717, 1.165) is 28.5 Å². The lowest BCUT2D eigenvalue weighted by Gasteiger charge is -2.23. The van der Waals surface area contributed by atoms with Crippen LogP contribution in [0.3, 0.4) is 0 Å². The van der Waals surface area contributed by atoms with Crippen LogP contribution in [0.1, 0.15) is 37.7 Å². The lowest BCUT2D eigenvalue weighted by molar-refractivity contribution is 0.462. The van der Waals surface area contributed by atoms with E-state index >= 15 is 0 Å². The fraction of sp³-hybridized carbons (Fsp3) is 0.318. The van der Waals surface area contributed by atoms with E-state index in [-0.39, 0.29) is 0 Å². The van der Waals surface area contributed by atoms with Crippen LogP contribution in [0.5, 0.6) is 0 Å². The second-order valence-corrected chi connectivity index (χ2v) is 7.55. The molecule has 5 nitrogen and oxygen atoms in total. The van der Waals surface area contributed by atoms with Gasteiger partial charge in [-0.25, -0.2) is 9.97 Å². The van der Waals surface area contributed by atoms with Gasteiger partial charge in [0.25, 0.3) is 0 Å². The van der Waals surface area contributed by atoms with E-state index < -0.39 is 0 Å². The van der Waals surface area contributed by atoms with Gasteiger partial charge in [0.1, 0.15) is 11.6 Å². The van der Waals surface area contributed by atoms with Gasteiger partial charge in [0.2, 0.25) is 0 Å². The molecule has 0 aliphatic heterocycles. The summed E-state index contributed by atoms with van der Waals surface area (Å²) in [5.41, 5.74) is 2.88. The number of nitrogens with one attached hydrogen (secondary N) is 2. The molecule has 28 heavy (non-hydrogen) atoms. The molecular weight excluding hydrogens is 370 g/mol. The third-order valence-corrected chi connectivity index (χ3v) is 5.36. The van der Waals surface area contributed by atoms with Gasteiger partial charge in [-0.1, -0.05) is 36.9 Å². The Morgan fingerprint density at radius 3 is 2.64 bits per heavy atom. The minimum absolute atomic E-state index is 0.497. The van der Waals surface area contributed by atoms with Gasteiger partial charge < -0.3 is 10.6 Å². The van der Waals surface area contributed by atoms with E-state index in [1.54, 1.807) is 18.6 Å². The molecule has 0 bridgehead atoms. The number of anilines is 2. The molecule has 3 heterocycles. The smallest absolute Gasteiger partial charge is 0.126 e. The van der Waals surface area contributed by atoms with Crippen molar-refractivity contribution in [2.75, 3.05) is 10.6 Å². The van der Waals surface area contributed by atoms with Crippen LogP contribution in [-0.4, -0.2) is 21.0 Å². The summed E-state index contributed by atoms with van der Waals surface area (Å²) in [4.78, 5) is 13.2. The van der Waals surface area contributed by atoms with Gasteiger partial charge in [-0.3, -0.25) is 4.98 Å². The normalized spacial score (nSPS) is 14.6. The van der Waals surface area contributed by atoms with Gasteiger partial charge in [-0.2, -0.15) is 0 Å². The summed E-state index contributed by atoms with van der Waals surface area (Å²) < 4.78 is 0. The molecule has 0 amide bonds. The summed E-state index contributed by atoms with van der Waals surface area (Å²) in [5.74, 6) is 1.67. The second kappa shape index (κ2) is 9.02. The third kappa shape index (κ3) is 4.78. The average Bonchev–Trinajstić information content (AvgIpc) is 2.75. The average molecular weight is 394 g/mol. The molecule has 3 aromatic heterocycles. The highest BCUT2D eigenvalue weighted by molar-refractivity contribution is 6.33. The molecule has 1 fully saturated rings. The maximum absolute atomic E-state index is 6.44. The van der Waals surface area contributed by atoms with Crippen LogP contribution in [0.25, 0.3) is 11.3 Å². The topological polar surface area (TPSA) is 62.7 Å². The van der Waals surface area contributed by atoms with Crippen LogP contribution in [0, 0.1) is 0 Å². The van der Waals surface area contributed by atoms with E-state index in [9.17, 15) is 0 Å². The molecule has 0 saturated heterocycles. The summed E-state index contributed by atoms with van der Waals surface area (Å²) in [6.07, 6.45) is 11.6. The zero-order valence-electron chi connectivity index (χ0n) is 15.7. The van der Waals surface area contributed by atoms with Crippen molar-refractivity contribution in [3.63, 3.8) is 0 Å². The predicted octanol–water partition coefficient (Wildman–Crippen LogP) is 5.55. The largest absolute Gasteiger partial charge is 0.367 e. The van der Waals surface area contributed by atoms with Gasteiger partial charge in [0.15, 0.2) is 0 Å². The fourth-order valence-corrected chi connectivity index (χ4v) is 3.75. The fourth-order valence-electron chi connectivity index (χ4n) is 3.55. The number of aromatic nitrogens is 3. The van der Waals surface area contributed by atoms with Gasteiger partial charge >= 0.3 is 0 Å². The van der Waals surface area contributed by atoms with Crippen LogP contribution < -0.4 is 10.6 Å². The van der Waals surface area contributed by atoms with E-state index in [2.05, 4.69) is 20.6 Å². The van der Waals surface area contributed by atoms with Crippen molar-refractivity contribution < 1.29 is 0 Å². The first-order chi connectivity index (χ1) is 13.8. The van der Waals surface area contributed by atoms with Crippen LogP contribution in [-0.2, 0) is 6.54 Å². The van der Waals surface area contributed by atoms with Crippen molar-refractivity contribution in [2.45, 2.75) is 44.7 Å². The van der Waals surface area contributed by atoms with Gasteiger partial charge in [0, 0.05) is 36.7 Å². The molecule has 1 aliphatic carbocycles. The number of hydrogen-bond donors (Lipinski definition) is 2. The zero-order valence-corrected chi connectivity index (χ0v) is 16.5. The van der Waals surface area contributed by atoms with Crippen molar-refractivity contribution in [1.82, 2.24) is 15.0 Å². The third-order valence-electron chi connectivity index (χ3n) is 5.06. The highest BCUT2D eigenvalue weighted by Crippen LogP contribution is 2.30. The second-order valence-electron chi connectivity index (χ2n) is 7.15. The number of pyridine rings is 3. The van der Waals surface area contributed by atoms with Crippen molar-refractivity contribution in [3.05, 3.63) is 65.6 Å². The molecule has 1 aliphatic rings. The predicted molar refractivity (Wildman–Crippen MR) is 115 cm³/mol. The molecule has 0 spiro atoms. The molecule has 0 aromatic carbocycles. The molecule has 6 heteroatoms. The quantitative estimate of drug-likeness (QED) is 0.575. The molecule has 4 rings (SSSR count). The van der Waals surface area contributed by atoms with Crippen LogP contribution in [0.15, 0.2) is 55.0 Å². The van der Waals surface area contributed by atoms with E-state index in [1.165, 1.54) is 32.1 Å². The lowest BCUT2D eigenvalue weighted by Crippen LogP contribution is -2.22. The number of rotatable bonds is 6. The maximum Gasteiger partial charge on any atom is 0.126 e. The summed E-state index contributed by atoms with van der Waals surface area (Å²) in [6.45, 7) is 0.692. The van der Waals surface area contributed by atoms with E-state index in [0.29, 0.717) is 17.6 Å². The van der Waals surface area contributed by atoms with E-state index in [4.69, 9.17) is 16.6 Å². The molecule has 1 saturated carbocycles. The van der Waals surface area contributed by atoms with Crippen molar-refractivity contribution >= 4 is 23.2 Å². The van der Waals surface area contributed by atoms with Crippen LogP contribution in [0.4, 0.5) is 11.6 Å². The van der Waals surface area contributed by atoms with Gasteiger partial charge in [0.05, 0.1) is 10.7 Å². The lowest BCUT2D eigenvalue weighted by atomic mass is 9.95. The highest BCUT2D eigenvalue weighted by Gasteiger charge is 2.15. The molecule has 3 aromatic rings. The Bertz CT molecular complexity index is 910. The Hall–Kier alpha value is -2.66. The first-order valence-corrected chi connectivity index (χ1v) is 10.2. The number of hydrogen-bond acceptors (Lipinski definition) is 5. The van der Waals surface area contributed by atoms with Crippen LogP contribution in [0.2, 0.25) is 5.02 Å². The maximum atomic E-state index is 6.44. The Balaban J connectivity index is 1.50. The zero-order chi connectivity index (χ0) is 19.2. The first-order valence-electron chi connectivity index (χ1n) is 9.80. The minimum Gasteiger partial charge on any atom is -0.367 e. The molecule has 144 valence electrons. The summed E-state index contributed by atoms with van der Waals surface area (Å²) >= 11 is 6.44. The number of nitrogens with zero attached hydrogens (tertiary/aromatic N) is 3. The highest BCUT2D eigenvalue weighted by atomic mass is 35.5. The molecule has 0 radical (unpaired) electrons. The van der Waals surface area contributed by atoms with Crippen molar-refractivity contribution in [3.8, 4) is 11.3 Å². The minimum atomic E-state index is 0.497. The summed E-state index contributed by atoms with van der Waals surface area (Å²) in [7, 11) is 0. The molecule has 0 atom stereocenters. The first kappa shape index (κ1) is 18.7. The van der Waals surface area contributed by atoms with Crippen molar-refractivity contribution in [2.24, 2.45) is 0 Å².